The van der Waals surface area contributed by atoms with Crippen molar-refractivity contribution in [3.05, 3.63) is 102 Å². The van der Waals surface area contributed by atoms with Crippen molar-refractivity contribution in [2.75, 3.05) is 13.2 Å². The lowest BCUT2D eigenvalue weighted by Crippen LogP contribution is -2.42. The normalized spacial score (nSPS) is 16.8. The number of hydrogen-bond acceptors (Lipinski definition) is 3. The van der Waals surface area contributed by atoms with Gasteiger partial charge in [-0.25, -0.2) is 0 Å². The fourth-order valence-electron chi connectivity index (χ4n) is 3.30. The predicted molar refractivity (Wildman–Crippen MR) is 108 cm³/mol. The van der Waals surface area contributed by atoms with Crippen LogP contribution < -0.4 is 4.74 Å². The number of rotatable bonds is 6. The zero-order valence-corrected chi connectivity index (χ0v) is 15.7. The standard InChI is InChI=1S/C24H23NO3/c26-24-18-28-23(16-25(24)15-19-7-3-1-4-8-19)21-11-13-22(14-12-21)27-17-20-9-5-2-6-10-20/h1-14,23H,15-18H2/t23-/m1/s1. The molecule has 0 aromatic heterocycles. The van der Waals surface area contributed by atoms with Crippen LogP contribution in [-0.2, 0) is 22.7 Å². The van der Waals surface area contributed by atoms with Crippen molar-refractivity contribution in [3.8, 4) is 5.75 Å². The first-order valence-corrected chi connectivity index (χ1v) is 9.48. The Bertz CT molecular complexity index is 894. The van der Waals surface area contributed by atoms with Gasteiger partial charge in [-0.3, -0.25) is 4.79 Å². The van der Waals surface area contributed by atoms with E-state index in [1.807, 2.05) is 89.8 Å². The number of benzene rings is 3. The second-order valence-electron chi connectivity index (χ2n) is 6.90. The Morgan fingerprint density at radius 2 is 1.50 bits per heavy atom. The van der Waals surface area contributed by atoms with Gasteiger partial charge in [0.05, 0.1) is 6.54 Å². The summed E-state index contributed by atoms with van der Waals surface area (Å²) in [6, 6.07) is 28.1. The zero-order chi connectivity index (χ0) is 19.2. The van der Waals surface area contributed by atoms with Gasteiger partial charge in [0.25, 0.3) is 0 Å². The molecule has 0 aliphatic carbocycles. The van der Waals surface area contributed by atoms with Crippen LogP contribution in [0.2, 0.25) is 0 Å². The smallest absolute Gasteiger partial charge is 0.249 e. The van der Waals surface area contributed by atoms with E-state index >= 15 is 0 Å². The minimum atomic E-state index is -0.121. The zero-order valence-electron chi connectivity index (χ0n) is 15.7. The number of ether oxygens (including phenoxy) is 2. The third kappa shape index (κ3) is 4.59. The van der Waals surface area contributed by atoms with Gasteiger partial charge >= 0.3 is 0 Å². The Morgan fingerprint density at radius 1 is 0.857 bits per heavy atom. The van der Waals surface area contributed by atoms with Gasteiger partial charge in [-0.1, -0.05) is 72.8 Å². The average molecular weight is 373 g/mol. The SMILES string of the molecule is O=C1CO[C@@H](c2ccc(OCc3ccccc3)cc2)CN1Cc1ccccc1. The summed E-state index contributed by atoms with van der Waals surface area (Å²) in [7, 11) is 0. The highest BCUT2D eigenvalue weighted by molar-refractivity contribution is 5.78. The molecule has 142 valence electrons. The molecular formula is C24H23NO3. The molecule has 1 atom stereocenters. The quantitative estimate of drug-likeness (QED) is 0.644. The summed E-state index contributed by atoms with van der Waals surface area (Å²) in [6.07, 6.45) is -0.121. The lowest BCUT2D eigenvalue weighted by molar-refractivity contribution is -0.150. The highest BCUT2D eigenvalue weighted by atomic mass is 16.5. The third-order valence-electron chi connectivity index (χ3n) is 4.86. The summed E-state index contributed by atoms with van der Waals surface area (Å²) in [4.78, 5) is 14.1. The molecule has 0 radical (unpaired) electrons. The molecule has 4 rings (SSSR count). The molecule has 1 aliphatic heterocycles. The number of morpholine rings is 1. The Kier molecular flexibility index (Phi) is 5.69. The van der Waals surface area contributed by atoms with Crippen molar-refractivity contribution in [2.24, 2.45) is 0 Å². The van der Waals surface area contributed by atoms with Crippen molar-refractivity contribution in [1.29, 1.82) is 0 Å². The largest absolute Gasteiger partial charge is 0.489 e. The summed E-state index contributed by atoms with van der Waals surface area (Å²) in [5.41, 5.74) is 3.32. The Hall–Kier alpha value is -3.11. The summed E-state index contributed by atoms with van der Waals surface area (Å²) in [5, 5.41) is 0. The van der Waals surface area contributed by atoms with E-state index in [1.54, 1.807) is 0 Å². The van der Waals surface area contributed by atoms with Crippen molar-refractivity contribution in [1.82, 2.24) is 4.90 Å². The summed E-state index contributed by atoms with van der Waals surface area (Å²) in [6.45, 7) is 1.82. The van der Waals surface area contributed by atoms with E-state index in [0.717, 1.165) is 22.4 Å². The molecule has 0 N–H and O–H groups in total. The fraction of sp³-hybridized carbons (Fsp3) is 0.208. The summed E-state index contributed by atoms with van der Waals surface area (Å²) < 4.78 is 11.6. The molecule has 4 nitrogen and oxygen atoms in total. The van der Waals surface area contributed by atoms with Crippen LogP contribution in [0.15, 0.2) is 84.9 Å². The number of carbonyl (C=O) groups is 1. The predicted octanol–water partition coefficient (Wildman–Crippen LogP) is 4.37. The molecule has 1 aliphatic rings. The number of nitrogens with zero attached hydrogens (tertiary/aromatic N) is 1. The highest BCUT2D eigenvalue weighted by Crippen LogP contribution is 2.26. The minimum Gasteiger partial charge on any atom is -0.489 e. The Labute approximate surface area is 165 Å². The number of hydrogen-bond donors (Lipinski definition) is 0. The maximum absolute atomic E-state index is 12.2. The molecule has 1 fully saturated rings. The molecular weight excluding hydrogens is 350 g/mol. The first-order valence-electron chi connectivity index (χ1n) is 9.48. The van der Waals surface area contributed by atoms with E-state index in [-0.39, 0.29) is 18.6 Å². The molecule has 0 saturated carbocycles. The lowest BCUT2D eigenvalue weighted by atomic mass is 10.1. The third-order valence-corrected chi connectivity index (χ3v) is 4.86. The fourth-order valence-corrected chi connectivity index (χ4v) is 3.30. The van der Waals surface area contributed by atoms with Crippen LogP contribution >= 0.6 is 0 Å². The Morgan fingerprint density at radius 3 is 2.18 bits per heavy atom. The van der Waals surface area contributed by atoms with Crippen molar-refractivity contribution in [3.63, 3.8) is 0 Å². The van der Waals surface area contributed by atoms with Gasteiger partial charge in [0.15, 0.2) is 0 Å². The molecule has 3 aromatic rings. The minimum absolute atomic E-state index is 0.0305. The van der Waals surface area contributed by atoms with Crippen LogP contribution in [0, 0.1) is 0 Å². The van der Waals surface area contributed by atoms with Gasteiger partial charge in [-0.15, -0.1) is 0 Å². The average Bonchev–Trinajstić information content (AvgIpc) is 2.76. The second-order valence-corrected chi connectivity index (χ2v) is 6.90. The maximum atomic E-state index is 12.2. The Balaban J connectivity index is 1.37. The van der Waals surface area contributed by atoms with Crippen LogP contribution in [0.3, 0.4) is 0 Å². The summed E-state index contributed by atoms with van der Waals surface area (Å²) >= 11 is 0. The topological polar surface area (TPSA) is 38.8 Å². The van der Waals surface area contributed by atoms with Gasteiger partial charge in [-0.2, -0.15) is 0 Å². The van der Waals surface area contributed by atoms with Crippen molar-refractivity contribution in [2.45, 2.75) is 19.3 Å². The molecule has 0 bridgehead atoms. The van der Waals surface area contributed by atoms with Crippen LogP contribution in [0.5, 0.6) is 5.75 Å². The molecule has 28 heavy (non-hydrogen) atoms. The van der Waals surface area contributed by atoms with E-state index in [4.69, 9.17) is 9.47 Å². The monoisotopic (exact) mass is 373 g/mol. The molecule has 1 saturated heterocycles. The highest BCUT2D eigenvalue weighted by Gasteiger charge is 2.27. The van der Waals surface area contributed by atoms with E-state index < -0.39 is 0 Å². The van der Waals surface area contributed by atoms with E-state index in [0.29, 0.717) is 19.7 Å². The van der Waals surface area contributed by atoms with Gasteiger partial charge in [0.2, 0.25) is 5.91 Å². The number of carbonyl (C=O) groups excluding carboxylic acids is 1. The van der Waals surface area contributed by atoms with Crippen molar-refractivity contribution < 1.29 is 14.3 Å². The molecule has 1 amide bonds. The lowest BCUT2D eigenvalue weighted by Gasteiger charge is -2.33. The first kappa shape index (κ1) is 18.3. The second kappa shape index (κ2) is 8.72. The van der Waals surface area contributed by atoms with Crippen LogP contribution in [0.4, 0.5) is 0 Å². The van der Waals surface area contributed by atoms with Gasteiger partial charge in [0.1, 0.15) is 25.1 Å². The van der Waals surface area contributed by atoms with Crippen molar-refractivity contribution >= 4 is 5.91 Å². The molecule has 0 spiro atoms. The molecule has 0 unspecified atom stereocenters. The van der Waals surface area contributed by atoms with E-state index in [1.165, 1.54) is 0 Å². The summed E-state index contributed by atoms with van der Waals surface area (Å²) in [5.74, 6) is 0.851. The molecule has 3 aromatic carbocycles. The maximum Gasteiger partial charge on any atom is 0.249 e. The van der Waals surface area contributed by atoms with Gasteiger partial charge < -0.3 is 14.4 Å². The molecule has 1 heterocycles. The van der Waals surface area contributed by atoms with Gasteiger partial charge in [-0.05, 0) is 28.8 Å². The van der Waals surface area contributed by atoms with E-state index in [2.05, 4.69) is 0 Å². The van der Waals surface area contributed by atoms with Gasteiger partial charge in [0, 0.05) is 6.54 Å². The van der Waals surface area contributed by atoms with E-state index in [9.17, 15) is 4.79 Å². The number of amides is 1. The van der Waals surface area contributed by atoms with Crippen LogP contribution in [0.25, 0.3) is 0 Å². The first-order chi connectivity index (χ1) is 13.8. The van der Waals surface area contributed by atoms with Crippen LogP contribution in [0.1, 0.15) is 22.8 Å². The van der Waals surface area contributed by atoms with Crippen LogP contribution in [-0.4, -0.2) is 24.0 Å². The molecule has 4 heteroatoms.